The summed E-state index contributed by atoms with van der Waals surface area (Å²) in [5.74, 6) is 1.37. The molecule has 3 rings (SSSR count). The normalized spacial score (nSPS) is 11.7. The zero-order valence-electron chi connectivity index (χ0n) is 15.8. The van der Waals surface area contributed by atoms with Gasteiger partial charge in [-0.15, -0.1) is 0 Å². The second-order valence-electron chi connectivity index (χ2n) is 6.71. The summed E-state index contributed by atoms with van der Waals surface area (Å²) >= 11 is 0. The monoisotopic (exact) mass is 384 g/mol. The molecule has 0 unspecified atom stereocenters. The first kappa shape index (κ1) is 19.3. The number of aromatic nitrogens is 3. The van der Waals surface area contributed by atoms with Gasteiger partial charge in [-0.25, -0.2) is 18.1 Å². The van der Waals surface area contributed by atoms with Crippen LogP contribution in [-0.4, -0.2) is 30.1 Å². The van der Waals surface area contributed by atoms with Crippen molar-refractivity contribution in [2.75, 3.05) is 6.54 Å². The largest absolute Gasteiger partial charge is 0.263 e. The van der Waals surface area contributed by atoms with E-state index in [0.29, 0.717) is 23.6 Å². The van der Waals surface area contributed by atoms with Gasteiger partial charge in [-0.2, -0.15) is 5.10 Å². The first-order chi connectivity index (χ1) is 12.8. The van der Waals surface area contributed by atoms with Gasteiger partial charge in [-0.05, 0) is 49.1 Å². The highest BCUT2D eigenvalue weighted by Crippen LogP contribution is 2.19. The van der Waals surface area contributed by atoms with E-state index in [1.165, 1.54) is 0 Å². The van der Waals surface area contributed by atoms with E-state index in [9.17, 15) is 8.42 Å². The topological polar surface area (TPSA) is 87.7 Å². The first-order valence-electron chi connectivity index (χ1n) is 8.87. The average molecular weight is 385 g/mol. The SMILES string of the molecule is Cc1cc(C)c(S(=O)(=O)NCCc2n[nH]c(Cc3ccccc3)n2)cc1C. The minimum absolute atomic E-state index is 0.247. The standard InChI is InChI=1S/C20H24N4O2S/c1-14-11-16(3)18(12-15(14)2)27(25,26)21-10-9-19-22-20(24-23-19)13-17-7-5-4-6-8-17/h4-8,11-12,21H,9-10,13H2,1-3H3,(H,22,23,24). The molecule has 2 aromatic carbocycles. The number of aryl methyl sites for hydroxylation is 3. The van der Waals surface area contributed by atoms with E-state index >= 15 is 0 Å². The Hall–Kier alpha value is -2.51. The lowest BCUT2D eigenvalue weighted by atomic mass is 10.1. The predicted octanol–water partition coefficient (Wildman–Crippen LogP) is 2.84. The van der Waals surface area contributed by atoms with Crippen molar-refractivity contribution in [3.8, 4) is 0 Å². The van der Waals surface area contributed by atoms with Gasteiger partial charge in [0, 0.05) is 19.4 Å². The molecule has 142 valence electrons. The maximum absolute atomic E-state index is 12.6. The van der Waals surface area contributed by atoms with Crippen LogP contribution in [-0.2, 0) is 22.9 Å². The number of hydrogen-bond acceptors (Lipinski definition) is 4. The Morgan fingerprint density at radius 3 is 2.44 bits per heavy atom. The summed E-state index contributed by atoms with van der Waals surface area (Å²) < 4.78 is 27.8. The number of nitrogens with zero attached hydrogens (tertiary/aromatic N) is 2. The van der Waals surface area contributed by atoms with Crippen LogP contribution in [0.4, 0.5) is 0 Å². The highest BCUT2D eigenvalue weighted by atomic mass is 32.2. The minimum atomic E-state index is -3.56. The van der Waals surface area contributed by atoms with E-state index in [0.717, 1.165) is 28.1 Å². The number of sulfonamides is 1. The van der Waals surface area contributed by atoms with Crippen LogP contribution in [0, 0.1) is 20.8 Å². The minimum Gasteiger partial charge on any atom is -0.263 e. The van der Waals surface area contributed by atoms with Crippen molar-refractivity contribution in [1.29, 1.82) is 0 Å². The zero-order valence-corrected chi connectivity index (χ0v) is 16.6. The van der Waals surface area contributed by atoms with Crippen LogP contribution in [0.3, 0.4) is 0 Å². The van der Waals surface area contributed by atoms with Gasteiger partial charge in [0.25, 0.3) is 0 Å². The van der Waals surface area contributed by atoms with Gasteiger partial charge in [0.2, 0.25) is 10.0 Å². The summed E-state index contributed by atoms with van der Waals surface area (Å²) in [6.45, 7) is 5.95. The van der Waals surface area contributed by atoms with Crippen LogP contribution in [0.1, 0.15) is 33.9 Å². The third-order valence-corrected chi connectivity index (χ3v) is 6.12. The van der Waals surface area contributed by atoms with E-state index in [1.54, 1.807) is 6.07 Å². The Kier molecular flexibility index (Phi) is 5.72. The van der Waals surface area contributed by atoms with Crippen molar-refractivity contribution in [3.63, 3.8) is 0 Å². The van der Waals surface area contributed by atoms with Crippen molar-refractivity contribution >= 4 is 10.0 Å². The molecule has 1 heterocycles. The smallest absolute Gasteiger partial charge is 0.240 e. The number of H-pyrrole nitrogens is 1. The van der Waals surface area contributed by atoms with E-state index in [1.807, 2.05) is 57.2 Å². The lowest BCUT2D eigenvalue weighted by molar-refractivity contribution is 0.580. The molecule has 0 saturated heterocycles. The fourth-order valence-corrected chi connectivity index (χ4v) is 4.25. The molecule has 1 aromatic heterocycles. The van der Waals surface area contributed by atoms with Crippen molar-refractivity contribution in [3.05, 3.63) is 76.4 Å². The molecule has 0 aliphatic carbocycles. The van der Waals surface area contributed by atoms with Gasteiger partial charge in [0.1, 0.15) is 5.82 Å². The lowest BCUT2D eigenvalue weighted by Crippen LogP contribution is -2.27. The van der Waals surface area contributed by atoms with E-state index in [4.69, 9.17) is 0 Å². The molecule has 0 aliphatic heterocycles. The van der Waals surface area contributed by atoms with Crippen LogP contribution >= 0.6 is 0 Å². The summed E-state index contributed by atoms with van der Waals surface area (Å²) in [5.41, 5.74) is 3.93. The third kappa shape index (κ3) is 4.81. The Balaban J connectivity index is 1.60. The van der Waals surface area contributed by atoms with Gasteiger partial charge < -0.3 is 0 Å². The molecule has 0 amide bonds. The number of rotatable bonds is 7. The molecule has 0 atom stereocenters. The number of benzene rings is 2. The van der Waals surface area contributed by atoms with E-state index in [2.05, 4.69) is 19.9 Å². The summed E-state index contributed by atoms with van der Waals surface area (Å²) in [4.78, 5) is 4.76. The van der Waals surface area contributed by atoms with E-state index in [-0.39, 0.29) is 6.54 Å². The number of aromatic amines is 1. The molecule has 0 fully saturated rings. The number of hydrogen-bond donors (Lipinski definition) is 2. The highest BCUT2D eigenvalue weighted by Gasteiger charge is 2.17. The molecule has 7 heteroatoms. The summed E-state index contributed by atoms with van der Waals surface area (Å²) in [5, 5.41) is 7.10. The van der Waals surface area contributed by atoms with Crippen molar-refractivity contribution in [1.82, 2.24) is 19.9 Å². The zero-order chi connectivity index (χ0) is 19.4. The van der Waals surface area contributed by atoms with Crippen LogP contribution in [0.5, 0.6) is 0 Å². The molecule has 0 radical (unpaired) electrons. The van der Waals surface area contributed by atoms with E-state index < -0.39 is 10.0 Å². The van der Waals surface area contributed by atoms with Crippen molar-refractivity contribution < 1.29 is 8.42 Å². The Labute approximate surface area is 160 Å². The van der Waals surface area contributed by atoms with Crippen molar-refractivity contribution in [2.24, 2.45) is 0 Å². The molecule has 27 heavy (non-hydrogen) atoms. The molecule has 2 N–H and O–H groups in total. The van der Waals surface area contributed by atoms with Gasteiger partial charge in [-0.3, -0.25) is 5.10 Å². The second-order valence-corrected chi connectivity index (χ2v) is 8.45. The van der Waals surface area contributed by atoms with Crippen LogP contribution in [0.2, 0.25) is 0 Å². The molecule has 0 aliphatic rings. The predicted molar refractivity (Wildman–Crippen MR) is 105 cm³/mol. The molecule has 0 bridgehead atoms. The van der Waals surface area contributed by atoms with Crippen LogP contribution in [0.25, 0.3) is 0 Å². The average Bonchev–Trinajstić information content (AvgIpc) is 3.06. The highest BCUT2D eigenvalue weighted by molar-refractivity contribution is 7.89. The maximum atomic E-state index is 12.6. The first-order valence-corrected chi connectivity index (χ1v) is 10.3. The molecule has 6 nitrogen and oxygen atoms in total. The quantitative estimate of drug-likeness (QED) is 0.656. The Bertz CT molecular complexity index is 1030. The van der Waals surface area contributed by atoms with Gasteiger partial charge in [0.05, 0.1) is 4.90 Å². The fraction of sp³-hybridized carbons (Fsp3) is 0.300. The summed E-state index contributed by atoms with van der Waals surface area (Å²) in [6, 6.07) is 13.6. The molecular weight excluding hydrogens is 360 g/mol. The maximum Gasteiger partial charge on any atom is 0.240 e. The lowest BCUT2D eigenvalue weighted by Gasteiger charge is -2.11. The third-order valence-electron chi connectivity index (χ3n) is 4.51. The fourth-order valence-electron chi connectivity index (χ4n) is 2.91. The van der Waals surface area contributed by atoms with Crippen LogP contribution < -0.4 is 4.72 Å². The van der Waals surface area contributed by atoms with Gasteiger partial charge in [-0.1, -0.05) is 36.4 Å². The molecular formula is C20H24N4O2S. The summed E-state index contributed by atoms with van der Waals surface area (Å²) in [6.07, 6.45) is 1.09. The second kappa shape index (κ2) is 8.02. The molecule has 0 spiro atoms. The molecule has 0 saturated carbocycles. The summed E-state index contributed by atoms with van der Waals surface area (Å²) in [7, 11) is -3.56. The Morgan fingerprint density at radius 2 is 1.70 bits per heavy atom. The number of nitrogens with one attached hydrogen (secondary N) is 2. The van der Waals surface area contributed by atoms with Crippen molar-refractivity contribution in [2.45, 2.75) is 38.5 Å². The molecule has 3 aromatic rings. The van der Waals surface area contributed by atoms with Crippen LogP contribution in [0.15, 0.2) is 47.4 Å². The van der Waals surface area contributed by atoms with Gasteiger partial charge in [0.15, 0.2) is 5.82 Å². The van der Waals surface area contributed by atoms with Gasteiger partial charge >= 0.3 is 0 Å². The Morgan fingerprint density at radius 1 is 1.00 bits per heavy atom.